The third-order valence-electron chi connectivity index (χ3n) is 5.69. The Morgan fingerprint density at radius 2 is 1.59 bits per heavy atom. The average molecular weight is 385 g/mol. The lowest BCUT2D eigenvalue weighted by molar-refractivity contribution is -0.126. The number of hydrogen-bond acceptors (Lipinski definition) is 3. The van der Waals surface area contributed by atoms with Crippen molar-refractivity contribution in [2.24, 2.45) is 11.1 Å². The monoisotopic (exact) mass is 385 g/mol. The first kappa shape index (κ1) is 18.9. The van der Waals surface area contributed by atoms with E-state index >= 15 is 0 Å². The Morgan fingerprint density at radius 1 is 0.931 bits per heavy atom. The molecule has 1 saturated heterocycles. The molecule has 0 bridgehead atoms. The van der Waals surface area contributed by atoms with Crippen LogP contribution in [0.1, 0.15) is 22.3 Å². The van der Waals surface area contributed by atoms with Crippen molar-refractivity contribution in [1.29, 1.82) is 0 Å². The van der Waals surface area contributed by atoms with Crippen LogP contribution in [0.15, 0.2) is 79.1 Å². The molecule has 0 radical (unpaired) electrons. The average Bonchev–Trinajstić information content (AvgIpc) is 3.20. The minimum absolute atomic E-state index is 0.0539. The van der Waals surface area contributed by atoms with Gasteiger partial charge in [-0.05, 0) is 53.8 Å². The molecule has 29 heavy (non-hydrogen) atoms. The molecule has 3 aromatic rings. The summed E-state index contributed by atoms with van der Waals surface area (Å²) in [5, 5.41) is 0. The minimum Gasteiger partial charge on any atom is -0.369 e. The third kappa shape index (κ3) is 3.90. The van der Waals surface area contributed by atoms with Crippen LogP contribution in [0.5, 0.6) is 0 Å². The molecule has 0 aliphatic carbocycles. The molecule has 146 valence electrons. The number of aromatic nitrogens is 1. The van der Waals surface area contributed by atoms with Crippen LogP contribution in [0.25, 0.3) is 11.1 Å². The number of benzene rings is 2. The van der Waals surface area contributed by atoms with Gasteiger partial charge in [0.05, 0.1) is 5.41 Å². The number of amides is 2. The second-order valence-corrected chi connectivity index (χ2v) is 7.60. The van der Waals surface area contributed by atoms with Gasteiger partial charge in [-0.3, -0.25) is 14.6 Å². The molecule has 1 fully saturated rings. The molecular formula is C24H23N3O2. The quantitative estimate of drug-likeness (QED) is 0.732. The highest BCUT2D eigenvalue weighted by molar-refractivity contribution is 5.95. The molecule has 1 atom stereocenters. The summed E-state index contributed by atoms with van der Waals surface area (Å²) in [6.07, 6.45) is 4.63. The van der Waals surface area contributed by atoms with Crippen LogP contribution in [-0.4, -0.2) is 34.8 Å². The molecule has 4 rings (SSSR count). The summed E-state index contributed by atoms with van der Waals surface area (Å²) in [6.45, 7) is 0.883. The Kier molecular flexibility index (Phi) is 5.12. The molecule has 2 heterocycles. The summed E-state index contributed by atoms with van der Waals surface area (Å²) >= 11 is 0. The number of nitrogens with zero attached hydrogens (tertiary/aromatic N) is 2. The lowest BCUT2D eigenvalue weighted by atomic mass is 9.80. The number of carbonyl (C=O) groups is 2. The van der Waals surface area contributed by atoms with Gasteiger partial charge in [-0.2, -0.15) is 0 Å². The number of nitrogens with two attached hydrogens (primary N) is 1. The summed E-state index contributed by atoms with van der Waals surface area (Å²) in [6, 6.07) is 21.2. The van der Waals surface area contributed by atoms with Gasteiger partial charge in [0.25, 0.3) is 5.91 Å². The van der Waals surface area contributed by atoms with Crippen molar-refractivity contribution in [3.8, 4) is 11.1 Å². The molecule has 2 amide bonds. The fourth-order valence-corrected chi connectivity index (χ4v) is 3.99. The summed E-state index contributed by atoms with van der Waals surface area (Å²) < 4.78 is 0. The Hall–Kier alpha value is -3.47. The topological polar surface area (TPSA) is 76.3 Å². The van der Waals surface area contributed by atoms with Crippen LogP contribution in [0, 0.1) is 5.41 Å². The van der Waals surface area contributed by atoms with Crippen molar-refractivity contribution in [2.45, 2.75) is 12.8 Å². The van der Waals surface area contributed by atoms with Crippen LogP contribution in [0.2, 0.25) is 0 Å². The van der Waals surface area contributed by atoms with Crippen molar-refractivity contribution in [1.82, 2.24) is 9.88 Å². The molecule has 5 nitrogen and oxygen atoms in total. The fraction of sp³-hybridized carbons (Fsp3) is 0.208. The highest BCUT2D eigenvalue weighted by Gasteiger charge is 2.44. The maximum atomic E-state index is 12.8. The third-order valence-corrected chi connectivity index (χ3v) is 5.69. The number of hydrogen-bond donors (Lipinski definition) is 1. The molecule has 0 unspecified atom stereocenters. The number of rotatable bonds is 5. The van der Waals surface area contributed by atoms with Crippen molar-refractivity contribution in [3.05, 3.63) is 90.3 Å². The SMILES string of the molecule is NC(=O)[C@]1(Cc2ccc(-c3ccncc3)cc2)CCN(C(=O)c2ccccc2)C1. The molecule has 2 aromatic carbocycles. The second kappa shape index (κ2) is 7.87. The van der Waals surface area contributed by atoms with Crippen LogP contribution in [0.4, 0.5) is 0 Å². The zero-order chi connectivity index (χ0) is 20.3. The lowest BCUT2D eigenvalue weighted by Gasteiger charge is -2.26. The van der Waals surface area contributed by atoms with E-state index in [0.29, 0.717) is 31.5 Å². The highest BCUT2D eigenvalue weighted by Crippen LogP contribution is 2.35. The van der Waals surface area contributed by atoms with Crippen molar-refractivity contribution >= 4 is 11.8 Å². The van der Waals surface area contributed by atoms with E-state index in [0.717, 1.165) is 16.7 Å². The van der Waals surface area contributed by atoms with Crippen molar-refractivity contribution in [2.75, 3.05) is 13.1 Å². The van der Waals surface area contributed by atoms with Gasteiger partial charge in [-0.25, -0.2) is 0 Å². The van der Waals surface area contributed by atoms with Gasteiger partial charge < -0.3 is 10.6 Å². The van der Waals surface area contributed by atoms with Gasteiger partial charge in [-0.1, -0.05) is 42.5 Å². The van der Waals surface area contributed by atoms with E-state index in [1.165, 1.54) is 0 Å². The van der Waals surface area contributed by atoms with Crippen molar-refractivity contribution in [3.63, 3.8) is 0 Å². The molecule has 0 spiro atoms. The smallest absolute Gasteiger partial charge is 0.253 e. The van der Waals surface area contributed by atoms with E-state index in [1.54, 1.807) is 29.4 Å². The first-order chi connectivity index (χ1) is 14.1. The van der Waals surface area contributed by atoms with Gasteiger partial charge in [0, 0.05) is 31.0 Å². The Labute approximate surface area is 170 Å². The highest BCUT2D eigenvalue weighted by atomic mass is 16.2. The predicted molar refractivity (Wildman–Crippen MR) is 112 cm³/mol. The first-order valence-corrected chi connectivity index (χ1v) is 9.71. The van der Waals surface area contributed by atoms with E-state index in [9.17, 15) is 9.59 Å². The number of primary amides is 1. The van der Waals surface area contributed by atoms with Gasteiger partial charge in [0.15, 0.2) is 0 Å². The van der Waals surface area contributed by atoms with E-state index in [4.69, 9.17) is 5.73 Å². The molecule has 2 N–H and O–H groups in total. The summed E-state index contributed by atoms with van der Waals surface area (Å²) in [5.74, 6) is -0.402. The summed E-state index contributed by atoms with van der Waals surface area (Å²) in [7, 11) is 0. The summed E-state index contributed by atoms with van der Waals surface area (Å²) in [5.41, 5.74) is 8.94. The predicted octanol–water partition coefficient (Wildman–Crippen LogP) is 3.31. The van der Waals surface area contributed by atoms with Gasteiger partial charge in [-0.15, -0.1) is 0 Å². The van der Waals surface area contributed by atoms with E-state index in [-0.39, 0.29) is 11.8 Å². The molecule has 1 aromatic heterocycles. The fourth-order valence-electron chi connectivity index (χ4n) is 3.99. The molecule has 0 saturated carbocycles. The van der Waals surface area contributed by atoms with Crippen LogP contribution >= 0.6 is 0 Å². The molecule has 5 heteroatoms. The maximum absolute atomic E-state index is 12.8. The maximum Gasteiger partial charge on any atom is 0.253 e. The molecule has 1 aliphatic heterocycles. The minimum atomic E-state index is -0.734. The molecular weight excluding hydrogens is 362 g/mol. The normalized spacial score (nSPS) is 18.6. The number of likely N-dealkylation sites (tertiary alicyclic amines) is 1. The van der Waals surface area contributed by atoms with Crippen LogP contribution < -0.4 is 5.73 Å². The number of pyridine rings is 1. The van der Waals surface area contributed by atoms with Crippen molar-refractivity contribution < 1.29 is 9.59 Å². The second-order valence-electron chi connectivity index (χ2n) is 7.60. The van der Waals surface area contributed by atoms with Crippen LogP contribution in [-0.2, 0) is 11.2 Å². The standard InChI is InChI=1S/C24H23N3O2/c25-23(29)24(12-15-27(17-24)22(28)21-4-2-1-3-5-21)16-18-6-8-19(9-7-18)20-10-13-26-14-11-20/h1-11,13-14H,12,15-17H2,(H2,25,29)/t24-/m0/s1. The Bertz CT molecular complexity index is 1000. The van der Waals surface area contributed by atoms with E-state index < -0.39 is 5.41 Å². The Balaban J connectivity index is 1.51. The van der Waals surface area contributed by atoms with E-state index in [2.05, 4.69) is 4.98 Å². The molecule has 1 aliphatic rings. The van der Waals surface area contributed by atoms with Gasteiger partial charge in [0.2, 0.25) is 5.91 Å². The lowest BCUT2D eigenvalue weighted by Crippen LogP contribution is -2.42. The number of carbonyl (C=O) groups excluding carboxylic acids is 2. The zero-order valence-electron chi connectivity index (χ0n) is 16.1. The zero-order valence-corrected chi connectivity index (χ0v) is 16.1. The first-order valence-electron chi connectivity index (χ1n) is 9.71. The Morgan fingerprint density at radius 3 is 2.24 bits per heavy atom. The van der Waals surface area contributed by atoms with Crippen LogP contribution in [0.3, 0.4) is 0 Å². The largest absolute Gasteiger partial charge is 0.369 e. The van der Waals surface area contributed by atoms with Gasteiger partial charge in [0.1, 0.15) is 0 Å². The van der Waals surface area contributed by atoms with Gasteiger partial charge >= 0.3 is 0 Å². The summed E-state index contributed by atoms with van der Waals surface area (Å²) in [4.78, 5) is 31.0. The van der Waals surface area contributed by atoms with E-state index in [1.807, 2.05) is 54.6 Å².